The number of furan rings is 1. The number of benzene rings is 1. The van der Waals surface area contributed by atoms with E-state index in [1.54, 1.807) is 13.2 Å². The van der Waals surface area contributed by atoms with E-state index in [1.807, 2.05) is 29.2 Å². The van der Waals surface area contributed by atoms with Crippen molar-refractivity contribution in [3.63, 3.8) is 0 Å². The van der Waals surface area contributed by atoms with Crippen LogP contribution in [0.2, 0.25) is 0 Å². The Hall–Kier alpha value is -2.11. The molecule has 2 aliphatic rings. The molecule has 0 bridgehead atoms. The van der Waals surface area contributed by atoms with E-state index >= 15 is 0 Å². The van der Waals surface area contributed by atoms with Gasteiger partial charge in [0.1, 0.15) is 12.4 Å². The highest BCUT2D eigenvalue weighted by atomic mass is 16.5. The van der Waals surface area contributed by atoms with Crippen molar-refractivity contribution in [2.45, 2.75) is 12.6 Å². The van der Waals surface area contributed by atoms with Gasteiger partial charge in [-0.05, 0) is 23.6 Å². The number of carbonyl (C=O) groups is 1. The molecule has 0 spiro atoms. The summed E-state index contributed by atoms with van der Waals surface area (Å²) in [5.74, 6) is 2.02. The third-order valence-corrected chi connectivity index (χ3v) is 5.13. The predicted molar refractivity (Wildman–Crippen MR) is 89.5 cm³/mol. The van der Waals surface area contributed by atoms with Crippen molar-refractivity contribution >= 4 is 5.91 Å². The fourth-order valence-electron chi connectivity index (χ4n) is 4.06. The van der Waals surface area contributed by atoms with Crippen LogP contribution in [0.25, 0.3) is 0 Å². The summed E-state index contributed by atoms with van der Waals surface area (Å²) in [6, 6.07) is 14.0. The third kappa shape index (κ3) is 2.64. The molecule has 0 aliphatic carbocycles. The number of nitrogens with zero attached hydrogens (tertiary/aromatic N) is 1. The summed E-state index contributed by atoms with van der Waals surface area (Å²) in [5, 5.41) is 3.47. The van der Waals surface area contributed by atoms with Gasteiger partial charge in [-0.3, -0.25) is 4.79 Å². The second kappa shape index (κ2) is 6.42. The summed E-state index contributed by atoms with van der Waals surface area (Å²) in [5.41, 5.74) is 1.20. The molecule has 3 atom stereocenters. The zero-order chi connectivity index (χ0) is 16.5. The molecule has 2 fully saturated rings. The summed E-state index contributed by atoms with van der Waals surface area (Å²) in [6.07, 6.45) is 0. The van der Waals surface area contributed by atoms with Crippen molar-refractivity contribution in [2.75, 3.05) is 26.7 Å². The molecule has 0 radical (unpaired) electrons. The van der Waals surface area contributed by atoms with Gasteiger partial charge in [-0.2, -0.15) is 0 Å². The first-order valence-corrected chi connectivity index (χ1v) is 8.42. The maximum Gasteiger partial charge on any atom is 0.290 e. The molecule has 126 valence electrons. The molecule has 5 heteroatoms. The quantitative estimate of drug-likeness (QED) is 0.938. The molecular formula is C19H22N2O3. The molecule has 2 aromatic rings. The standard InChI is InChI=1S/C19H22N2O3/c1-23-12-15-7-8-17(24-15)19(22)21-11-14-9-20-10-16(14)18(21)13-5-3-2-4-6-13/h2-8,14,16,18,20H,9-12H2,1H3/t14-,16-,18-/m0/s1. The van der Waals surface area contributed by atoms with E-state index in [-0.39, 0.29) is 11.9 Å². The number of rotatable bonds is 4. The number of amides is 1. The number of fused-ring (bicyclic) bond motifs is 1. The summed E-state index contributed by atoms with van der Waals surface area (Å²) < 4.78 is 10.7. The van der Waals surface area contributed by atoms with Crippen molar-refractivity contribution in [2.24, 2.45) is 11.8 Å². The fourth-order valence-corrected chi connectivity index (χ4v) is 4.06. The largest absolute Gasteiger partial charge is 0.453 e. The Balaban J connectivity index is 1.63. The molecule has 0 unspecified atom stereocenters. The van der Waals surface area contributed by atoms with E-state index < -0.39 is 0 Å². The molecule has 1 N–H and O–H groups in total. The van der Waals surface area contributed by atoms with Crippen molar-refractivity contribution < 1.29 is 13.9 Å². The number of carbonyl (C=O) groups excluding carboxylic acids is 1. The van der Waals surface area contributed by atoms with Crippen LogP contribution in [0.5, 0.6) is 0 Å². The normalized spacial score (nSPS) is 25.9. The third-order valence-electron chi connectivity index (χ3n) is 5.13. The molecule has 2 aliphatic heterocycles. The molecular weight excluding hydrogens is 304 g/mol. The lowest BCUT2D eigenvalue weighted by molar-refractivity contribution is 0.0674. The Bertz CT molecular complexity index is 712. The highest BCUT2D eigenvalue weighted by Gasteiger charge is 2.47. The van der Waals surface area contributed by atoms with Gasteiger partial charge in [-0.25, -0.2) is 0 Å². The van der Waals surface area contributed by atoms with Gasteiger partial charge in [0.2, 0.25) is 0 Å². The van der Waals surface area contributed by atoms with Crippen molar-refractivity contribution in [1.82, 2.24) is 10.2 Å². The maximum atomic E-state index is 13.1. The Labute approximate surface area is 141 Å². The highest BCUT2D eigenvalue weighted by Crippen LogP contribution is 2.43. The van der Waals surface area contributed by atoms with Crippen LogP contribution in [0.15, 0.2) is 46.9 Å². The number of ether oxygens (including phenoxy) is 1. The summed E-state index contributed by atoms with van der Waals surface area (Å²) in [6.45, 7) is 3.09. The Morgan fingerprint density at radius 3 is 2.88 bits per heavy atom. The minimum Gasteiger partial charge on any atom is -0.453 e. The van der Waals surface area contributed by atoms with Gasteiger partial charge in [-0.15, -0.1) is 0 Å². The minimum absolute atomic E-state index is 0.0272. The van der Waals surface area contributed by atoms with Gasteiger partial charge in [0, 0.05) is 32.7 Å². The Kier molecular flexibility index (Phi) is 4.12. The van der Waals surface area contributed by atoms with Crippen LogP contribution in [0.1, 0.15) is 27.9 Å². The first-order valence-electron chi connectivity index (χ1n) is 8.42. The predicted octanol–water partition coefficient (Wildman–Crippen LogP) is 2.46. The van der Waals surface area contributed by atoms with Gasteiger partial charge in [-0.1, -0.05) is 30.3 Å². The van der Waals surface area contributed by atoms with Gasteiger partial charge in [0.05, 0.1) is 6.04 Å². The molecule has 4 rings (SSSR count). The number of nitrogens with one attached hydrogen (secondary N) is 1. The monoisotopic (exact) mass is 326 g/mol. The maximum absolute atomic E-state index is 13.1. The average Bonchev–Trinajstić information content (AvgIpc) is 3.30. The van der Waals surface area contributed by atoms with E-state index in [0.717, 1.165) is 19.6 Å². The van der Waals surface area contributed by atoms with Crippen LogP contribution < -0.4 is 5.32 Å². The van der Waals surface area contributed by atoms with Gasteiger partial charge in [0.15, 0.2) is 5.76 Å². The molecule has 1 amide bonds. The van der Waals surface area contributed by atoms with E-state index in [4.69, 9.17) is 9.15 Å². The lowest BCUT2D eigenvalue weighted by atomic mass is 9.89. The van der Waals surface area contributed by atoms with Gasteiger partial charge >= 0.3 is 0 Å². The second-order valence-corrected chi connectivity index (χ2v) is 6.59. The summed E-state index contributed by atoms with van der Waals surface area (Å²) in [7, 11) is 1.62. The number of hydrogen-bond acceptors (Lipinski definition) is 4. The van der Waals surface area contributed by atoms with Crippen molar-refractivity contribution in [3.8, 4) is 0 Å². The highest BCUT2D eigenvalue weighted by molar-refractivity contribution is 5.92. The van der Waals surface area contributed by atoms with Crippen LogP contribution in [-0.4, -0.2) is 37.6 Å². The van der Waals surface area contributed by atoms with E-state index in [9.17, 15) is 4.79 Å². The first kappa shape index (κ1) is 15.4. The van der Waals surface area contributed by atoms with E-state index in [2.05, 4.69) is 17.4 Å². The minimum atomic E-state index is -0.0272. The Morgan fingerprint density at radius 1 is 1.25 bits per heavy atom. The molecule has 24 heavy (non-hydrogen) atoms. The zero-order valence-corrected chi connectivity index (χ0v) is 13.8. The average molecular weight is 326 g/mol. The molecule has 0 saturated carbocycles. The lowest BCUT2D eigenvalue weighted by Gasteiger charge is -2.27. The van der Waals surface area contributed by atoms with Crippen LogP contribution in [0.3, 0.4) is 0 Å². The SMILES string of the molecule is COCc1ccc(C(=O)N2C[C@@H]3CNC[C@@H]3[C@@H]2c2ccccc2)o1. The number of methoxy groups -OCH3 is 1. The van der Waals surface area contributed by atoms with Crippen LogP contribution >= 0.6 is 0 Å². The van der Waals surface area contributed by atoms with Crippen LogP contribution in [0.4, 0.5) is 0 Å². The summed E-state index contributed by atoms with van der Waals surface area (Å²) in [4.78, 5) is 15.0. The first-order chi connectivity index (χ1) is 11.8. The van der Waals surface area contributed by atoms with E-state index in [0.29, 0.717) is 30.0 Å². The number of likely N-dealkylation sites (tertiary alicyclic amines) is 1. The topological polar surface area (TPSA) is 54.7 Å². The smallest absolute Gasteiger partial charge is 0.290 e. The molecule has 1 aromatic heterocycles. The molecule has 3 heterocycles. The van der Waals surface area contributed by atoms with E-state index in [1.165, 1.54) is 5.56 Å². The van der Waals surface area contributed by atoms with Crippen molar-refractivity contribution in [1.29, 1.82) is 0 Å². The summed E-state index contributed by atoms with van der Waals surface area (Å²) >= 11 is 0. The van der Waals surface area contributed by atoms with Crippen LogP contribution in [-0.2, 0) is 11.3 Å². The molecule has 5 nitrogen and oxygen atoms in total. The molecule has 1 aromatic carbocycles. The Morgan fingerprint density at radius 2 is 2.08 bits per heavy atom. The van der Waals surface area contributed by atoms with Crippen molar-refractivity contribution in [3.05, 3.63) is 59.5 Å². The zero-order valence-electron chi connectivity index (χ0n) is 13.8. The number of hydrogen-bond donors (Lipinski definition) is 1. The van der Waals surface area contributed by atoms with Crippen LogP contribution in [0, 0.1) is 11.8 Å². The lowest BCUT2D eigenvalue weighted by Crippen LogP contribution is -2.34. The van der Waals surface area contributed by atoms with Gasteiger partial charge in [0.25, 0.3) is 5.91 Å². The second-order valence-electron chi connectivity index (χ2n) is 6.59. The fraction of sp³-hybridized carbons (Fsp3) is 0.421. The molecule has 2 saturated heterocycles. The van der Waals surface area contributed by atoms with Gasteiger partial charge < -0.3 is 19.4 Å².